The molecule has 8 nitrogen and oxygen atoms in total. The number of amides is 1. The molecule has 3 aromatic rings. The maximum Gasteiger partial charge on any atom is 0.257 e. The van der Waals surface area contributed by atoms with Crippen LogP contribution in [0, 0.1) is 19.7 Å². The lowest BCUT2D eigenvalue weighted by atomic mass is 10.1. The first kappa shape index (κ1) is 21.6. The fourth-order valence-electron chi connectivity index (χ4n) is 3.88. The molecule has 0 radical (unpaired) electrons. The molecule has 0 atom stereocenters. The molecule has 0 spiro atoms. The molecular formula is C23H24FN5O3. The Bertz CT molecular complexity index is 1160. The number of hydrogen-bond donors (Lipinski definition) is 0. The van der Waals surface area contributed by atoms with Gasteiger partial charge in [0.05, 0.1) is 13.1 Å². The smallest absolute Gasteiger partial charge is 0.257 e. The van der Waals surface area contributed by atoms with E-state index in [1.807, 2.05) is 30.1 Å². The number of likely N-dealkylation sites (N-methyl/N-ethyl adjacent to an activating group) is 1. The summed E-state index contributed by atoms with van der Waals surface area (Å²) in [5.74, 6) is 0.507. The number of nitrogens with zero attached hydrogens (tertiary/aromatic N) is 5. The van der Waals surface area contributed by atoms with Gasteiger partial charge in [-0.3, -0.25) is 9.80 Å². The van der Waals surface area contributed by atoms with Gasteiger partial charge in [0.15, 0.2) is 5.82 Å². The van der Waals surface area contributed by atoms with Crippen LogP contribution in [0.1, 0.15) is 22.5 Å². The topological polar surface area (TPSA) is 82.8 Å². The highest BCUT2D eigenvalue weighted by Gasteiger charge is 2.27. The lowest BCUT2D eigenvalue weighted by Crippen LogP contribution is -2.46. The minimum atomic E-state index is -0.286. The Balaban J connectivity index is 1.48. The normalized spacial score (nSPS) is 13.1. The summed E-state index contributed by atoms with van der Waals surface area (Å²) in [5, 5.41) is 7.21. The van der Waals surface area contributed by atoms with Gasteiger partial charge in [-0.2, -0.15) is 4.98 Å². The number of carbonyl (C=O) groups is 2. The van der Waals surface area contributed by atoms with Crippen LogP contribution in [0.25, 0.3) is 11.5 Å². The van der Waals surface area contributed by atoms with Crippen molar-refractivity contribution < 1.29 is 18.5 Å². The van der Waals surface area contributed by atoms with Crippen molar-refractivity contribution in [1.29, 1.82) is 0 Å². The molecule has 2 heterocycles. The number of aryl methyl sites for hydroxylation is 2. The van der Waals surface area contributed by atoms with E-state index in [1.165, 1.54) is 12.1 Å². The molecule has 1 aliphatic rings. The van der Waals surface area contributed by atoms with Crippen LogP contribution in [0.2, 0.25) is 0 Å². The summed E-state index contributed by atoms with van der Waals surface area (Å²) in [6.07, 6.45) is 0.774. The highest BCUT2D eigenvalue weighted by atomic mass is 19.1. The van der Waals surface area contributed by atoms with Crippen LogP contribution in [0.3, 0.4) is 0 Å². The summed E-state index contributed by atoms with van der Waals surface area (Å²) in [6, 6.07) is 10.2. The van der Waals surface area contributed by atoms with Crippen LogP contribution in [0.5, 0.6) is 0 Å². The summed E-state index contributed by atoms with van der Waals surface area (Å²) >= 11 is 0. The van der Waals surface area contributed by atoms with E-state index in [2.05, 4.69) is 10.1 Å². The van der Waals surface area contributed by atoms with Crippen molar-refractivity contribution in [3.63, 3.8) is 0 Å². The number of rotatable bonds is 7. The molecule has 0 bridgehead atoms. The number of fused-ring (bicyclic) bond motifs is 1. The van der Waals surface area contributed by atoms with Crippen LogP contribution >= 0.6 is 0 Å². The SMILES string of the molecule is Cc1noc(-c2ccc(N(CC=O)CC(=O)N(C)N3Cc4ccc(F)cc4C3)c(C)c2)n1. The van der Waals surface area contributed by atoms with Crippen LogP contribution in [-0.4, -0.2) is 52.5 Å². The maximum atomic E-state index is 13.5. The molecule has 9 heteroatoms. The summed E-state index contributed by atoms with van der Waals surface area (Å²) in [4.78, 5) is 30.3. The minimum absolute atomic E-state index is 0.0241. The van der Waals surface area contributed by atoms with Crippen molar-refractivity contribution in [2.24, 2.45) is 0 Å². The van der Waals surface area contributed by atoms with Gasteiger partial charge < -0.3 is 14.2 Å². The van der Waals surface area contributed by atoms with Gasteiger partial charge in [0, 0.05) is 31.4 Å². The number of carbonyl (C=O) groups excluding carboxylic acids is 2. The van der Waals surface area contributed by atoms with Crippen molar-refractivity contribution in [1.82, 2.24) is 20.2 Å². The molecule has 1 aromatic heterocycles. The van der Waals surface area contributed by atoms with Crippen molar-refractivity contribution in [2.75, 3.05) is 25.0 Å². The van der Waals surface area contributed by atoms with Gasteiger partial charge >= 0.3 is 0 Å². The zero-order valence-corrected chi connectivity index (χ0v) is 18.2. The second kappa shape index (κ2) is 8.88. The van der Waals surface area contributed by atoms with E-state index in [0.717, 1.165) is 34.2 Å². The van der Waals surface area contributed by atoms with E-state index in [1.54, 1.807) is 29.9 Å². The second-order valence-corrected chi connectivity index (χ2v) is 7.85. The summed E-state index contributed by atoms with van der Waals surface area (Å²) in [7, 11) is 1.69. The van der Waals surface area contributed by atoms with Gasteiger partial charge in [-0.25, -0.2) is 9.40 Å². The van der Waals surface area contributed by atoms with Crippen LogP contribution in [0.4, 0.5) is 10.1 Å². The van der Waals surface area contributed by atoms with E-state index in [9.17, 15) is 14.0 Å². The Morgan fingerprint density at radius 3 is 2.66 bits per heavy atom. The molecule has 2 aromatic carbocycles. The number of anilines is 1. The average Bonchev–Trinajstić information content (AvgIpc) is 3.38. The van der Waals surface area contributed by atoms with Crippen molar-refractivity contribution in [3.8, 4) is 11.5 Å². The standard InChI is InChI=1S/C23H24FN5O3/c1-15-10-17(23-25-16(2)26-32-23)5-7-21(15)28(8-9-30)14-22(31)27(3)29-12-18-4-6-20(24)11-19(18)13-29/h4-7,9-11H,8,12-14H2,1-3H3. The zero-order valence-electron chi connectivity index (χ0n) is 18.2. The average molecular weight is 437 g/mol. The monoisotopic (exact) mass is 437 g/mol. The van der Waals surface area contributed by atoms with Gasteiger partial charge in [0.2, 0.25) is 0 Å². The summed E-state index contributed by atoms with van der Waals surface area (Å²) in [6.45, 7) is 4.74. The van der Waals surface area contributed by atoms with Crippen LogP contribution in [0.15, 0.2) is 40.9 Å². The highest BCUT2D eigenvalue weighted by Crippen LogP contribution is 2.27. The third-order valence-electron chi connectivity index (χ3n) is 5.59. The molecule has 32 heavy (non-hydrogen) atoms. The Morgan fingerprint density at radius 1 is 1.19 bits per heavy atom. The highest BCUT2D eigenvalue weighted by molar-refractivity contribution is 5.83. The molecule has 1 aliphatic heterocycles. The van der Waals surface area contributed by atoms with Gasteiger partial charge in [-0.05, 0) is 60.9 Å². The largest absolute Gasteiger partial charge is 0.355 e. The molecule has 0 fully saturated rings. The molecule has 0 unspecified atom stereocenters. The quantitative estimate of drug-likeness (QED) is 0.526. The number of hydrazine groups is 1. The van der Waals surface area contributed by atoms with Crippen molar-refractivity contribution in [2.45, 2.75) is 26.9 Å². The van der Waals surface area contributed by atoms with Gasteiger partial charge in [-0.1, -0.05) is 11.2 Å². The number of benzene rings is 2. The number of aromatic nitrogens is 2. The molecule has 0 saturated carbocycles. The van der Waals surface area contributed by atoms with E-state index in [0.29, 0.717) is 24.8 Å². The fraction of sp³-hybridized carbons (Fsp3) is 0.304. The van der Waals surface area contributed by atoms with Crippen LogP contribution < -0.4 is 4.90 Å². The molecule has 0 aliphatic carbocycles. The predicted molar refractivity (Wildman–Crippen MR) is 116 cm³/mol. The lowest BCUT2D eigenvalue weighted by molar-refractivity contribution is -0.145. The molecule has 1 amide bonds. The van der Waals surface area contributed by atoms with Gasteiger partial charge in [0.25, 0.3) is 11.8 Å². The second-order valence-electron chi connectivity index (χ2n) is 7.85. The number of aldehydes is 1. The van der Waals surface area contributed by atoms with E-state index >= 15 is 0 Å². The Morgan fingerprint density at radius 2 is 1.97 bits per heavy atom. The first-order valence-electron chi connectivity index (χ1n) is 10.2. The zero-order chi connectivity index (χ0) is 22.8. The molecule has 0 saturated heterocycles. The first-order chi connectivity index (χ1) is 15.4. The van der Waals surface area contributed by atoms with E-state index in [-0.39, 0.29) is 24.8 Å². The lowest BCUT2D eigenvalue weighted by Gasteiger charge is -2.31. The van der Waals surface area contributed by atoms with E-state index in [4.69, 9.17) is 4.52 Å². The number of hydrogen-bond acceptors (Lipinski definition) is 7. The van der Waals surface area contributed by atoms with E-state index < -0.39 is 0 Å². The third-order valence-corrected chi connectivity index (χ3v) is 5.59. The maximum absolute atomic E-state index is 13.5. The third kappa shape index (κ3) is 4.38. The van der Waals surface area contributed by atoms with Crippen LogP contribution in [-0.2, 0) is 22.7 Å². The van der Waals surface area contributed by atoms with Gasteiger partial charge in [0.1, 0.15) is 12.1 Å². The Hall–Kier alpha value is -3.59. The molecule has 166 valence electrons. The molecular weight excluding hydrogens is 413 g/mol. The van der Waals surface area contributed by atoms with Crippen molar-refractivity contribution >= 4 is 17.9 Å². The Labute approximate surface area is 185 Å². The summed E-state index contributed by atoms with van der Waals surface area (Å²) in [5.41, 5.74) is 4.28. The molecule has 4 rings (SSSR count). The Kier molecular flexibility index (Phi) is 6.00. The number of halogens is 1. The van der Waals surface area contributed by atoms with Crippen molar-refractivity contribution in [3.05, 3.63) is 64.7 Å². The fourth-order valence-corrected chi connectivity index (χ4v) is 3.88. The predicted octanol–water partition coefficient (Wildman–Crippen LogP) is 2.89. The first-order valence-corrected chi connectivity index (χ1v) is 10.2. The molecule has 0 N–H and O–H groups in total. The minimum Gasteiger partial charge on any atom is -0.355 e. The summed E-state index contributed by atoms with van der Waals surface area (Å²) < 4.78 is 18.7. The van der Waals surface area contributed by atoms with Gasteiger partial charge in [-0.15, -0.1) is 0 Å².